The van der Waals surface area contributed by atoms with Crippen molar-refractivity contribution < 1.29 is 0 Å². The molecule has 0 unspecified atom stereocenters. The van der Waals surface area contributed by atoms with Crippen LogP contribution in [0.1, 0.15) is 13.8 Å². The van der Waals surface area contributed by atoms with Crippen LogP contribution >= 0.6 is 0 Å². The van der Waals surface area contributed by atoms with Crippen molar-refractivity contribution in [2.24, 2.45) is 0 Å². The fraction of sp³-hybridized carbons (Fsp3) is 1.00. The maximum absolute atomic E-state index is 2.53. The molecule has 0 heterocycles. The van der Waals surface area contributed by atoms with Crippen LogP contribution in [-0.4, -0.2) is 16.1 Å². The molecule has 0 fully saturated rings. The van der Waals surface area contributed by atoms with E-state index in [2.05, 4.69) is 40.0 Å². The summed E-state index contributed by atoms with van der Waals surface area (Å²) in [6.07, 6.45) is 0. The van der Waals surface area contributed by atoms with E-state index in [1.165, 1.54) is 12.1 Å². The minimum Gasteiger partial charge on any atom is -0.0694 e. The second-order valence-corrected chi connectivity index (χ2v) is 16.6. The van der Waals surface area contributed by atoms with Crippen LogP contribution in [0.25, 0.3) is 0 Å². The molecule has 0 nitrogen and oxygen atoms in total. The Bertz CT molecular complexity index is 112. The van der Waals surface area contributed by atoms with Crippen molar-refractivity contribution >= 4 is 16.1 Å². The lowest BCUT2D eigenvalue weighted by Crippen LogP contribution is -2.30. The molecular formula is C10H26Si2. The number of hydrogen-bond donors (Lipinski definition) is 0. The van der Waals surface area contributed by atoms with Crippen molar-refractivity contribution in [2.75, 3.05) is 0 Å². The summed E-state index contributed by atoms with van der Waals surface area (Å²) in [7, 11) is -1.54. The lowest BCUT2D eigenvalue weighted by molar-refractivity contribution is 1.18. The fourth-order valence-corrected chi connectivity index (χ4v) is 7.15. The summed E-state index contributed by atoms with van der Waals surface area (Å²) >= 11 is 0. The Morgan fingerprint density at radius 3 is 1.08 bits per heavy atom. The van der Waals surface area contributed by atoms with Crippen LogP contribution < -0.4 is 0 Å². The van der Waals surface area contributed by atoms with Crippen LogP contribution in [0, 0.1) is 0 Å². The van der Waals surface area contributed by atoms with Gasteiger partial charge in [0.25, 0.3) is 0 Å². The number of hydrogen-bond acceptors (Lipinski definition) is 0. The zero-order chi connectivity index (χ0) is 9.83. The van der Waals surface area contributed by atoms with Gasteiger partial charge in [0.05, 0.1) is 0 Å². The third-order valence-electron chi connectivity index (χ3n) is 3.39. The molecule has 0 radical (unpaired) electrons. The molecule has 0 spiro atoms. The fourth-order valence-electron chi connectivity index (χ4n) is 1.03. The Morgan fingerprint density at radius 2 is 0.917 bits per heavy atom. The first-order valence-electron chi connectivity index (χ1n) is 5.33. The Kier molecular flexibility index (Phi) is 4.78. The minimum absolute atomic E-state index is 0.769. The van der Waals surface area contributed by atoms with Gasteiger partial charge in [0.1, 0.15) is 0 Å². The molecule has 0 aliphatic rings. The summed E-state index contributed by atoms with van der Waals surface area (Å²) in [6, 6.07) is 6.05. The molecule has 0 rings (SSSR count). The minimum atomic E-state index is -0.769. The zero-order valence-electron chi connectivity index (χ0n) is 9.83. The van der Waals surface area contributed by atoms with Crippen LogP contribution in [-0.2, 0) is 0 Å². The predicted octanol–water partition coefficient (Wildman–Crippen LogP) is 4.44. The molecule has 74 valence electrons. The Labute approximate surface area is 80.8 Å². The summed E-state index contributed by atoms with van der Waals surface area (Å²) in [6.45, 7) is 14.9. The smallest absolute Gasteiger partial charge is 0.0468 e. The lowest BCUT2D eigenvalue weighted by atomic mass is 10.9. The molecule has 0 atom stereocenters. The van der Waals surface area contributed by atoms with Gasteiger partial charge >= 0.3 is 0 Å². The molecule has 0 aliphatic heterocycles. The normalized spacial score (nSPS) is 13.5. The van der Waals surface area contributed by atoms with Crippen molar-refractivity contribution in [3.05, 3.63) is 0 Å². The summed E-state index contributed by atoms with van der Waals surface area (Å²) < 4.78 is 0. The van der Waals surface area contributed by atoms with Crippen LogP contribution in [0.5, 0.6) is 0 Å². The first kappa shape index (κ1) is 12.4. The van der Waals surface area contributed by atoms with Gasteiger partial charge in [-0.1, -0.05) is 64.2 Å². The highest BCUT2D eigenvalue weighted by Crippen LogP contribution is 2.24. The van der Waals surface area contributed by atoms with Gasteiger partial charge < -0.3 is 0 Å². The highest BCUT2D eigenvalue weighted by Gasteiger charge is 2.24. The monoisotopic (exact) mass is 202 g/mol. The largest absolute Gasteiger partial charge is 0.0694 e. The van der Waals surface area contributed by atoms with Gasteiger partial charge in [0.15, 0.2) is 0 Å². The molecule has 2 heteroatoms. The number of rotatable bonds is 5. The maximum atomic E-state index is 2.53. The van der Waals surface area contributed by atoms with Crippen molar-refractivity contribution in [3.8, 4) is 0 Å². The molecular weight excluding hydrogens is 176 g/mol. The van der Waals surface area contributed by atoms with E-state index in [-0.39, 0.29) is 0 Å². The lowest BCUT2D eigenvalue weighted by Gasteiger charge is -2.26. The SMILES string of the molecule is CC[Si](C)(C)CC[Si](C)(C)CC. The first-order chi connectivity index (χ1) is 5.33. The molecule has 0 N–H and O–H groups in total. The first-order valence-corrected chi connectivity index (χ1v) is 12.2. The molecule has 12 heavy (non-hydrogen) atoms. The summed E-state index contributed by atoms with van der Waals surface area (Å²) in [5.74, 6) is 0. The van der Waals surface area contributed by atoms with E-state index in [1.54, 1.807) is 12.1 Å². The van der Waals surface area contributed by atoms with Gasteiger partial charge in [0.2, 0.25) is 0 Å². The van der Waals surface area contributed by atoms with Crippen LogP contribution in [0.2, 0.25) is 50.4 Å². The predicted molar refractivity (Wildman–Crippen MR) is 65.5 cm³/mol. The van der Waals surface area contributed by atoms with E-state index in [4.69, 9.17) is 0 Å². The maximum Gasteiger partial charge on any atom is 0.0468 e. The molecule has 0 bridgehead atoms. The van der Waals surface area contributed by atoms with Crippen LogP contribution in [0.3, 0.4) is 0 Å². The molecule has 0 saturated heterocycles. The van der Waals surface area contributed by atoms with Crippen molar-refractivity contribution in [1.82, 2.24) is 0 Å². The van der Waals surface area contributed by atoms with Crippen molar-refractivity contribution in [2.45, 2.75) is 64.2 Å². The van der Waals surface area contributed by atoms with E-state index < -0.39 is 16.1 Å². The third-order valence-corrected chi connectivity index (χ3v) is 10.9. The Balaban J connectivity index is 3.82. The zero-order valence-corrected chi connectivity index (χ0v) is 11.8. The van der Waals surface area contributed by atoms with E-state index in [0.29, 0.717) is 0 Å². The Hall–Kier alpha value is 0.434. The van der Waals surface area contributed by atoms with Crippen molar-refractivity contribution in [3.63, 3.8) is 0 Å². The molecule has 0 aromatic rings. The van der Waals surface area contributed by atoms with E-state index in [9.17, 15) is 0 Å². The second-order valence-electron chi connectivity index (χ2n) is 5.54. The molecule has 0 aliphatic carbocycles. The van der Waals surface area contributed by atoms with Gasteiger partial charge in [-0.15, -0.1) is 0 Å². The molecule has 0 saturated carbocycles. The molecule has 0 aromatic carbocycles. The highest BCUT2D eigenvalue weighted by molar-refractivity contribution is 6.82. The summed E-state index contributed by atoms with van der Waals surface area (Å²) in [4.78, 5) is 0. The quantitative estimate of drug-likeness (QED) is 0.578. The average molecular weight is 202 g/mol. The molecule has 0 amide bonds. The second kappa shape index (κ2) is 4.61. The van der Waals surface area contributed by atoms with Crippen LogP contribution in [0.15, 0.2) is 0 Å². The summed E-state index contributed by atoms with van der Waals surface area (Å²) in [5.41, 5.74) is 0. The Morgan fingerprint density at radius 1 is 0.667 bits per heavy atom. The van der Waals surface area contributed by atoms with E-state index in [1.807, 2.05) is 0 Å². The van der Waals surface area contributed by atoms with Gasteiger partial charge in [0, 0.05) is 16.1 Å². The van der Waals surface area contributed by atoms with E-state index in [0.717, 1.165) is 0 Å². The van der Waals surface area contributed by atoms with Crippen molar-refractivity contribution in [1.29, 1.82) is 0 Å². The molecule has 0 aromatic heterocycles. The van der Waals surface area contributed by atoms with E-state index >= 15 is 0 Å². The van der Waals surface area contributed by atoms with Gasteiger partial charge in [-0.2, -0.15) is 0 Å². The summed E-state index contributed by atoms with van der Waals surface area (Å²) in [5, 5.41) is 0. The highest BCUT2D eigenvalue weighted by atomic mass is 28.3. The van der Waals surface area contributed by atoms with Crippen LogP contribution in [0.4, 0.5) is 0 Å². The van der Waals surface area contributed by atoms with Gasteiger partial charge in [-0.05, 0) is 0 Å². The van der Waals surface area contributed by atoms with Gasteiger partial charge in [-0.3, -0.25) is 0 Å². The topological polar surface area (TPSA) is 0 Å². The third kappa shape index (κ3) is 5.15. The standard InChI is InChI=1S/C10H26Si2/c1-7-11(3,4)9-10-12(5,6)8-2/h7-10H2,1-6H3. The average Bonchev–Trinajstić information content (AvgIpc) is 2.02. The van der Waals surface area contributed by atoms with Gasteiger partial charge in [-0.25, -0.2) is 0 Å².